The van der Waals surface area contributed by atoms with Crippen molar-refractivity contribution in [1.82, 2.24) is 10.2 Å². The molecule has 3 amide bonds. The highest BCUT2D eigenvalue weighted by atomic mass is 16.2. The van der Waals surface area contributed by atoms with Crippen molar-refractivity contribution in [2.24, 2.45) is 0 Å². The Morgan fingerprint density at radius 1 is 1.08 bits per heavy atom. The number of carbonyl (C=O) groups is 2. The van der Waals surface area contributed by atoms with Gasteiger partial charge in [-0.15, -0.1) is 0 Å². The van der Waals surface area contributed by atoms with Crippen molar-refractivity contribution in [1.29, 1.82) is 0 Å². The van der Waals surface area contributed by atoms with E-state index in [1.807, 2.05) is 48.2 Å². The highest BCUT2D eigenvalue weighted by Gasteiger charge is 2.33. The molecule has 2 aliphatic heterocycles. The van der Waals surface area contributed by atoms with E-state index >= 15 is 0 Å². The Hall–Kier alpha value is -2.82. The summed E-state index contributed by atoms with van der Waals surface area (Å²) in [6, 6.07) is 15.9. The highest BCUT2D eigenvalue weighted by Crippen LogP contribution is 2.23. The van der Waals surface area contributed by atoms with Crippen LogP contribution in [0.15, 0.2) is 48.5 Å². The van der Waals surface area contributed by atoms with E-state index in [0.29, 0.717) is 26.1 Å². The predicted octanol–water partition coefficient (Wildman–Crippen LogP) is 2.87. The van der Waals surface area contributed by atoms with Gasteiger partial charge in [0.05, 0.1) is 6.04 Å². The van der Waals surface area contributed by atoms with Crippen LogP contribution in [0, 0.1) is 6.92 Å². The first kappa shape index (κ1) is 16.6. The Morgan fingerprint density at radius 3 is 2.58 bits per heavy atom. The van der Waals surface area contributed by atoms with E-state index in [2.05, 4.69) is 17.4 Å². The van der Waals surface area contributed by atoms with Crippen LogP contribution >= 0.6 is 0 Å². The molecule has 1 saturated heterocycles. The number of hydrogen-bond donors (Lipinski definition) is 1. The molecule has 2 aliphatic rings. The van der Waals surface area contributed by atoms with E-state index in [9.17, 15) is 9.59 Å². The first-order valence-corrected chi connectivity index (χ1v) is 9.09. The normalized spacial score (nSPS) is 19.4. The Labute approximate surface area is 153 Å². The first-order valence-electron chi connectivity index (χ1n) is 9.09. The Kier molecular flexibility index (Phi) is 4.37. The number of amides is 3. The Balaban J connectivity index is 1.38. The molecule has 0 saturated carbocycles. The van der Waals surface area contributed by atoms with Gasteiger partial charge in [-0.3, -0.25) is 4.79 Å². The van der Waals surface area contributed by atoms with Crippen LogP contribution in [0.5, 0.6) is 0 Å². The molecule has 2 aromatic carbocycles. The zero-order valence-electron chi connectivity index (χ0n) is 14.9. The second kappa shape index (κ2) is 6.83. The number of carbonyl (C=O) groups excluding carboxylic acids is 2. The summed E-state index contributed by atoms with van der Waals surface area (Å²) in [5.74, 6) is 0.0585. The maximum absolute atomic E-state index is 12.6. The molecule has 0 spiro atoms. The summed E-state index contributed by atoms with van der Waals surface area (Å²) in [6.45, 7) is 3.89. The van der Waals surface area contributed by atoms with Gasteiger partial charge in [-0.1, -0.05) is 42.0 Å². The fraction of sp³-hybridized carbons (Fsp3) is 0.333. The SMILES string of the molecule is Cc1ccc(N2C[C@@H](NC(=O)N3CCc4ccccc4C3)CC2=O)cc1. The van der Waals surface area contributed by atoms with Gasteiger partial charge < -0.3 is 15.1 Å². The van der Waals surface area contributed by atoms with Crippen LogP contribution in [-0.2, 0) is 17.8 Å². The molecular weight excluding hydrogens is 326 g/mol. The second-order valence-corrected chi connectivity index (χ2v) is 7.13. The molecule has 1 atom stereocenters. The highest BCUT2D eigenvalue weighted by molar-refractivity contribution is 5.96. The summed E-state index contributed by atoms with van der Waals surface area (Å²) in [6.07, 6.45) is 1.23. The van der Waals surface area contributed by atoms with Crippen LogP contribution in [0.25, 0.3) is 0 Å². The fourth-order valence-corrected chi connectivity index (χ4v) is 3.71. The first-order chi connectivity index (χ1) is 12.6. The van der Waals surface area contributed by atoms with Crippen molar-refractivity contribution in [3.05, 3.63) is 65.2 Å². The number of fused-ring (bicyclic) bond motifs is 1. The number of anilines is 1. The average molecular weight is 349 g/mol. The lowest BCUT2D eigenvalue weighted by molar-refractivity contribution is -0.117. The lowest BCUT2D eigenvalue weighted by atomic mass is 10.0. The van der Waals surface area contributed by atoms with E-state index in [1.54, 1.807) is 4.90 Å². The molecule has 2 aromatic rings. The van der Waals surface area contributed by atoms with Gasteiger partial charge in [0.2, 0.25) is 5.91 Å². The molecule has 4 rings (SSSR count). The average Bonchev–Trinajstić information content (AvgIpc) is 3.02. The van der Waals surface area contributed by atoms with E-state index in [-0.39, 0.29) is 18.0 Å². The van der Waals surface area contributed by atoms with Crippen LogP contribution in [0.1, 0.15) is 23.1 Å². The van der Waals surface area contributed by atoms with Crippen molar-refractivity contribution >= 4 is 17.6 Å². The number of nitrogens with one attached hydrogen (secondary N) is 1. The number of nitrogens with zero attached hydrogens (tertiary/aromatic N) is 2. The second-order valence-electron chi connectivity index (χ2n) is 7.13. The maximum Gasteiger partial charge on any atom is 0.318 e. The van der Waals surface area contributed by atoms with Crippen molar-refractivity contribution in [3.8, 4) is 0 Å². The number of benzene rings is 2. The number of hydrogen-bond acceptors (Lipinski definition) is 2. The molecule has 0 unspecified atom stereocenters. The van der Waals surface area contributed by atoms with Gasteiger partial charge in [-0.2, -0.15) is 0 Å². The third kappa shape index (κ3) is 3.29. The van der Waals surface area contributed by atoms with Crippen molar-refractivity contribution in [2.45, 2.75) is 32.4 Å². The zero-order chi connectivity index (χ0) is 18.1. The monoisotopic (exact) mass is 349 g/mol. The summed E-state index contributed by atoms with van der Waals surface area (Å²) in [7, 11) is 0. The van der Waals surface area contributed by atoms with Crippen LogP contribution in [-0.4, -0.2) is 36.0 Å². The van der Waals surface area contributed by atoms with Crippen LogP contribution in [0.4, 0.5) is 10.5 Å². The molecule has 5 nitrogen and oxygen atoms in total. The van der Waals surface area contributed by atoms with E-state index in [4.69, 9.17) is 0 Å². The van der Waals surface area contributed by atoms with Gasteiger partial charge in [-0.05, 0) is 36.6 Å². The molecule has 0 bridgehead atoms. The molecule has 0 aromatic heterocycles. The van der Waals surface area contributed by atoms with Gasteiger partial charge in [0.1, 0.15) is 0 Å². The van der Waals surface area contributed by atoms with E-state index in [0.717, 1.165) is 17.7 Å². The zero-order valence-corrected chi connectivity index (χ0v) is 14.9. The van der Waals surface area contributed by atoms with Gasteiger partial charge in [0.25, 0.3) is 0 Å². The Bertz CT molecular complexity index is 831. The maximum atomic E-state index is 12.6. The molecule has 1 N–H and O–H groups in total. The quantitative estimate of drug-likeness (QED) is 0.906. The van der Waals surface area contributed by atoms with Gasteiger partial charge in [0.15, 0.2) is 0 Å². The minimum absolute atomic E-state index is 0.0585. The lowest BCUT2D eigenvalue weighted by Crippen LogP contribution is -2.47. The lowest BCUT2D eigenvalue weighted by Gasteiger charge is -2.30. The number of urea groups is 1. The molecule has 0 aliphatic carbocycles. The smallest absolute Gasteiger partial charge is 0.318 e. The molecule has 134 valence electrons. The minimum atomic E-state index is -0.145. The standard InChI is InChI=1S/C21H23N3O2/c1-15-6-8-19(9-7-15)24-14-18(12-20(24)25)22-21(26)23-11-10-16-4-2-3-5-17(16)13-23/h2-9,18H,10-14H2,1H3,(H,22,26)/t18-/m0/s1. The van der Waals surface area contributed by atoms with Crippen molar-refractivity contribution in [2.75, 3.05) is 18.0 Å². The van der Waals surface area contributed by atoms with Crippen molar-refractivity contribution < 1.29 is 9.59 Å². The fourth-order valence-electron chi connectivity index (χ4n) is 3.71. The van der Waals surface area contributed by atoms with Crippen LogP contribution < -0.4 is 10.2 Å². The molecule has 5 heteroatoms. The number of rotatable bonds is 2. The summed E-state index contributed by atoms with van der Waals surface area (Å²) in [5.41, 5.74) is 4.58. The van der Waals surface area contributed by atoms with Crippen LogP contribution in [0.3, 0.4) is 0 Å². The molecule has 0 radical (unpaired) electrons. The largest absolute Gasteiger partial charge is 0.333 e. The van der Waals surface area contributed by atoms with Gasteiger partial charge in [0, 0.05) is 31.7 Å². The number of aryl methyl sites for hydroxylation is 1. The van der Waals surface area contributed by atoms with E-state index < -0.39 is 0 Å². The van der Waals surface area contributed by atoms with E-state index in [1.165, 1.54) is 11.1 Å². The predicted molar refractivity (Wildman–Crippen MR) is 101 cm³/mol. The summed E-state index contributed by atoms with van der Waals surface area (Å²) in [4.78, 5) is 28.6. The minimum Gasteiger partial charge on any atom is -0.333 e. The molecular formula is C21H23N3O2. The topological polar surface area (TPSA) is 52.7 Å². The third-order valence-corrected chi connectivity index (χ3v) is 5.22. The summed E-state index contributed by atoms with van der Waals surface area (Å²) >= 11 is 0. The Morgan fingerprint density at radius 2 is 1.81 bits per heavy atom. The molecule has 26 heavy (non-hydrogen) atoms. The van der Waals surface area contributed by atoms with Gasteiger partial charge >= 0.3 is 6.03 Å². The summed E-state index contributed by atoms with van der Waals surface area (Å²) in [5, 5.41) is 3.05. The van der Waals surface area contributed by atoms with Crippen LogP contribution in [0.2, 0.25) is 0 Å². The molecule has 1 fully saturated rings. The molecule has 2 heterocycles. The summed E-state index contributed by atoms with van der Waals surface area (Å²) < 4.78 is 0. The third-order valence-electron chi connectivity index (χ3n) is 5.22. The van der Waals surface area contributed by atoms with Gasteiger partial charge in [-0.25, -0.2) is 4.79 Å². The van der Waals surface area contributed by atoms with Crippen molar-refractivity contribution in [3.63, 3.8) is 0 Å².